The number of benzene rings is 1. The Labute approximate surface area is 121 Å². The maximum absolute atomic E-state index is 11.8. The quantitative estimate of drug-likeness (QED) is 0.612. The Morgan fingerprint density at radius 2 is 1.68 bits per heavy atom. The maximum Gasteiger partial charge on any atom is 0.422 e. The van der Waals surface area contributed by atoms with Gasteiger partial charge in [-0.1, -0.05) is 34.8 Å². The highest BCUT2D eigenvalue weighted by Gasteiger charge is 2.29. The lowest BCUT2D eigenvalue weighted by molar-refractivity contribution is -0.187. The van der Waals surface area contributed by atoms with Gasteiger partial charge in [0.15, 0.2) is 13.2 Å². The van der Waals surface area contributed by atoms with E-state index in [0.717, 1.165) is 0 Å². The number of halogens is 6. The van der Waals surface area contributed by atoms with Gasteiger partial charge in [0.05, 0.1) is 15.1 Å². The second-order valence-electron chi connectivity index (χ2n) is 3.26. The first-order valence-electron chi connectivity index (χ1n) is 4.69. The minimum atomic E-state index is -4.59. The van der Waals surface area contributed by atoms with Crippen molar-refractivity contribution in [1.29, 1.82) is 0 Å². The first-order valence-corrected chi connectivity index (χ1v) is 5.82. The topological polar surface area (TPSA) is 35.5 Å². The lowest BCUT2D eigenvalue weighted by Crippen LogP contribution is -2.23. The molecule has 0 fully saturated rings. The van der Waals surface area contributed by atoms with E-state index in [-0.39, 0.29) is 20.8 Å². The van der Waals surface area contributed by atoms with Crippen LogP contribution in [0, 0.1) is 0 Å². The van der Waals surface area contributed by atoms with Gasteiger partial charge >= 0.3 is 12.1 Å². The Hall–Kier alpha value is -0.850. The molecule has 1 rings (SSSR count). The molecule has 0 heterocycles. The van der Waals surface area contributed by atoms with Gasteiger partial charge in [-0.05, 0) is 6.07 Å². The third-order valence-electron chi connectivity index (χ3n) is 1.72. The largest absolute Gasteiger partial charge is 0.480 e. The van der Waals surface area contributed by atoms with Crippen LogP contribution < -0.4 is 4.74 Å². The van der Waals surface area contributed by atoms with Crippen LogP contribution in [0.2, 0.25) is 15.1 Å². The Kier molecular flexibility index (Phi) is 5.58. The molecular weight excluding hydrogens is 331 g/mol. The van der Waals surface area contributed by atoms with Crippen LogP contribution >= 0.6 is 34.8 Å². The summed E-state index contributed by atoms with van der Waals surface area (Å²) in [7, 11) is 0. The van der Waals surface area contributed by atoms with E-state index in [1.165, 1.54) is 12.1 Å². The standard InChI is InChI=1S/C10H6Cl3F3O3/c11-5-1-7(13)8(2-6(5)12)18-3-9(17)19-4-10(14,15)16/h1-2H,3-4H2. The van der Waals surface area contributed by atoms with Gasteiger partial charge in [0.1, 0.15) is 5.75 Å². The van der Waals surface area contributed by atoms with Crippen LogP contribution in [0.25, 0.3) is 0 Å². The van der Waals surface area contributed by atoms with E-state index in [2.05, 4.69) is 4.74 Å². The van der Waals surface area contributed by atoms with Crippen molar-refractivity contribution in [3.8, 4) is 5.75 Å². The third-order valence-corrected chi connectivity index (χ3v) is 2.73. The van der Waals surface area contributed by atoms with Gasteiger partial charge in [0, 0.05) is 6.07 Å². The first-order chi connectivity index (χ1) is 8.69. The first kappa shape index (κ1) is 16.2. The van der Waals surface area contributed by atoms with Crippen LogP contribution in [0.15, 0.2) is 12.1 Å². The molecule has 0 aliphatic rings. The molecule has 1 aromatic rings. The zero-order valence-corrected chi connectivity index (χ0v) is 11.3. The van der Waals surface area contributed by atoms with E-state index < -0.39 is 25.4 Å². The van der Waals surface area contributed by atoms with Crippen LogP contribution in [0.4, 0.5) is 13.2 Å². The van der Waals surface area contributed by atoms with Crippen molar-refractivity contribution >= 4 is 40.8 Å². The Balaban J connectivity index is 2.53. The van der Waals surface area contributed by atoms with Gasteiger partial charge in [-0.3, -0.25) is 0 Å². The minimum Gasteiger partial charge on any atom is -0.480 e. The molecule has 0 atom stereocenters. The predicted octanol–water partition coefficient (Wildman–Crippen LogP) is 4.13. The average molecular weight is 338 g/mol. The third kappa shape index (κ3) is 5.76. The van der Waals surface area contributed by atoms with E-state index in [0.29, 0.717) is 0 Å². The molecule has 0 bridgehead atoms. The number of hydrogen-bond acceptors (Lipinski definition) is 3. The van der Waals surface area contributed by atoms with E-state index in [1.807, 2.05) is 0 Å². The lowest BCUT2D eigenvalue weighted by atomic mass is 10.3. The molecule has 0 radical (unpaired) electrons. The maximum atomic E-state index is 11.8. The summed E-state index contributed by atoms with van der Waals surface area (Å²) in [5, 5.41) is 0.376. The summed E-state index contributed by atoms with van der Waals surface area (Å²) in [6.45, 7) is -2.40. The summed E-state index contributed by atoms with van der Waals surface area (Å²) in [5.74, 6) is -1.17. The molecular formula is C10H6Cl3F3O3. The fourth-order valence-electron chi connectivity index (χ4n) is 0.956. The van der Waals surface area contributed by atoms with Crippen molar-refractivity contribution in [2.45, 2.75) is 6.18 Å². The fourth-order valence-corrected chi connectivity index (χ4v) is 1.55. The van der Waals surface area contributed by atoms with Gasteiger partial charge < -0.3 is 9.47 Å². The lowest BCUT2D eigenvalue weighted by Gasteiger charge is -2.10. The van der Waals surface area contributed by atoms with Gasteiger partial charge in [-0.25, -0.2) is 4.79 Å². The predicted molar refractivity (Wildman–Crippen MR) is 64.0 cm³/mol. The number of rotatable bonds is 4. The monoisotopic (exact) mass is 336 g/mol. The number of hydrogen-bond donors (Lipinski definition) is 0. The van der Waals surface area contributed by atoms with Crippen molar-refractivity contribution in [2.75, 3.05) is 13.2 Å². The van der Waals surface area contributed by atoms with E-state index in [4.69, 9.17) is 39.5 Å². The summed E-state index contributed by atoms with van der Waals surface area (Å²) in [6, 6.07) is 2.52. The van der Waals surface area contributed by atoms with Gasteiger partial charge in [0.2, 0.25) is 0 Å². The highest BCUT2D eigenvalue weighted by molar-refractivity contribution is 6.43. The molecule has 0 saturated carbocycles. The van der Waals surface area contributed by atoms with E-state index >= 15 is 0 Å². The SMILES string of the molecule is O=C(COc1cc(Cl)c(Cl)cc1Cl)OCC(F)(F)F. The van der Waals surface area contributed by atoms with Crippen LogP contribution in [0.5, 0.6) is 5.75 Å². The van der Waals surface area contributed by atoms with Gasteiger partial charge in [0.25, 0.3) is 0 Å². The number of ether oxygens (including phenoxy) is 2. The normalized spacial score (nSPS) is 11.3. The second kappa shape index (κ2) is 6.54. The molecule has 0 amide bonds. The van der Waals surface area contributed by atoms with E-state index in [1.54, 1.807) is 0 Å². The van der Waals surface area contributed by atoms with E-state index in [9.17, 15) is 18.0 Å². The van der Waals surface area contributed by atoms with Crippen molar-refractivity contribution in [3.63, 3.8) is 0 Å². The summed E-state index contributed by atoms with van der Waals surface area (Å²) >= 11 is 17.1. The highest BCUT2D eigenvalue weighted by atomic mass is 35.5. The smallest absolute Gasteiger partial charge is 0.422 e. The zero-order valence-electron chi connectivity index (χ0n) is 9.06. The summed E-state index contributed by atoms with van der Waals surface area (Å²) < 4.78 is 44.1. The fraction of sp³-hybridized carbons (Fsp3) is 0.300. The number of esters is 1. The molecule has 19 heavy (non-hydrogen) atoms. The number of alkyl halides is 3. The molecule has 106 valence electrons. The molecule has 9 heteroatoms. The molecule has 1 aromatic carbocycles. The number of carbonyl (C=O) groups excluding carboxylic acids is 1. The molecule has 3 nitrogen and oxygen atoms in total. The van der Waals surface area contributed by atoms with Crippen LogP contribution in [0.3, 0.4) is 0 Å². The van der Waals surface area contributed by atoms with Crippen molar-refractivity contribution < 1.29 is 27.4 Å². The summed E-state index contributed by atoms with van der Waals surface area (Å²) in [5.41, 5.74) is 0. The van der Waals surface area contributed by atoms with Gasteiger partial charge in [-0.15, -0.1) is 0 Å². The van der Waals surface area contributed by atoms with Crippen molar-refractivity contribution in [3.05, 3.63) is 27.2 Å². The van der Waals surface area contributed by atoms with Crippen LogP contribution in [-0.4, -0.2) is 25.4 Å². The Morgan fingerprint density at radius 1 is 1.11 bits per heavy atom. The molecule has 0 N–H and O–H groups in total. The second-order valence-corrected chi connectivity index (χ2v) is 4.48. The molecule has 0 aromatic heterocycles. The number of carbonyl (C=O) groups is 1. The van der Waals surface area contributed by atoms with Gasteiger partial charge in [-0.2, -0.15) is 13.2 Å². The van der Waals surface area contributed by atoms with Crippen LogP contribution in [-0.2, 0) is 9.53 Å². The molecule has 0 aliphatic heterocycles. The highest BCUT2D eigenvalue weighted by Crippen LogP contribution is 2.33. The molecule has 0 saturated heterocycles. The minimum absolute atomic E-state index is 0.0139. The average Bonchev–Trinajstić information content (AvgIpc) is 2.28. The Bertz CT molecular complexity index is 477. The molecule has 0 aliphatic carbocycles. The molecule has 0 spiro atoms. The molecule has 0 unspecified atom stereocenters. The Morgan fingerprint density at radius 3 is 2.26 bits per heavy atom. The summed E-state index contributed by atoms with van der Waals surface area (Å²) in [6.07, 6.45) is -4.59. The zero-order chi connectivity index (χ0) is 14.6. The van der Waals surface area contributed by atoms with Crippen molar-refractivity contribution in [1.82, 2.24) is 0 Å². The van der Waals surface area contributed by atoms with Crippen molar-refractivity contribution in [2.24, 2.45) is 0 Å². The summed E-state index contributed by atoms with van der Waals surface area (Å²) in [4.78, 5) is 11.0. The van der Waals surface area contributed by atoms with Crippen LogP contribution in [0.1, 0.15) is 0 Å².